The molecule has 1 aliphatic rings. The first-order valence-electron chi connectivity index (χ1n) is 10.8. The van der Waals surface area contributed by atoms with Crippen molar-refractivity contribution in [3.8, 4) is 5.69 Å². The highest BCUT2D eigenvalue weighted by atomic mass is 32.2. The fourth-order valence-electron chi connectivity index (χ4n) is 4.42. The zero-order valence-electron chi connectivity index (χ0n) is 19.4. The van der Waals surface area contributed by atoms with Crippen LogP contribution in [-0.4, -0.2) is 50.8 Å². The van der Waals surface area contributed by atoms with E-state index in [0.717, 1.165) is 27.4 Å². The maximum absolute atomic E-state index is 11.9. The molecule has 7 nitrogen and oxygen atoms in total. The van der Waals surface area contributed by atoms with Gasteiger partial charge in [0.25, 0.3) is 0 Å². The van der Waals surface area contributed by atoms with Crippen molar-refractivity contribution in [1.82, 2.24) is 23.8 Å². The van der Waals surface area contributed by atoms with Gasteiger partial charge in [0.1, 0.15) is 0 Å². The smallest absolute Gasteiger partial charge is 0.185 e. The van der Waals surface area contributed by atoms with Gasteiger partial charge in [-0.1, -0.05) is 6.07 Å². The van der Waals surface area contributed by atoms with Gasteiger partial charge in [0.05, 0.1) is 29.9 Å². The molecule has 1 aromatic carbocycles. The van der Waals surface area contributed by atoms with Crippen LogP contribution < -0.4 is 0 Å². The van der Waals surface area contributed by atoms with Crippen molar-refractivity contribution in [2.75, 3.05) is 18.6 Å². The van der Waals surface area contributed by atoms with Crippen LogP contribution in [0.4, 0.5) is 0 Å². The van der Waals surface area contributed by atoms with Gasteiger partial charge in [-0.15, -0.1) is 0 Å². The predicted molar refractivity (Wildman–Crippen MR) is 130 cm³/mol. The molecule has 4 rings (SSSR count). The highest BCUT2D eigenvalue weighted by Gasteiger charge is 2.31. The molecule has 3 heterocycles. The van der Waals surface area contributed by atoms with Crippen molar-refractivity contribution in [2.45, 2.75) is 53.4 Å². The minimum Gasteiger partial charge on any atom is -0.310 e. The molecular formula is C23H31N5O2S2. The van der Waals surface area contributed by atoms with Gasteiger partial charge in [0, 0.05) is 35.9 Å². The molecule has 0 spiro atoms. The van der Waals surface area contributed by atoms with E-state index < -0.39 is 9.84 Å². The number of aryl methyl sites for hydroxylation is 3. The fraction of sp³-hybridized carbons (Fsp3) is 0.478. The van der Waals surface area contributed by atoms with Crippen LogP contribution in [0.1, 0.15) is 40.5 Å². The van der Waals surface area contributed by atoms with E-state index >= 15 is 0 Å². The molecule has 0 N–H and O–H groups in total. The van der Waals surface area contributed by atoms with Gasteiger partial charge < -0.3 is 4.57 Å². The van der Waals surface area contributed by atoms with E-state index in [4.69, 9.17) is 12.2 Å². The molecule has 0 unspecified atom stereocenters. The minimum absolute atomic E-state index is 0.0571. The van der Waals surface area contributed by atoms with E-state index in [1.165, 1.54) is 11.1 Å². The largest absolute Gasteiger partial charge is 0.310 e. The van der Waals surface area contributed by atoms with Crippen molar-refractivity contribution in [1.29, 1.82) is 0 Å². The zero-order chi connectivity index (χ0) is 23.2. The number of benzene rings is 1. The first-order chi connectivity index (χ1) is 15.1. The summed E-state index contributed by atoms with van der Waals surface area (Å²) >= 11 is 5.74. The molecule has 3 aromatic rings. The van der Waals surface area contributed by atoms with E-state index in [1.807, 2.05) is 35.5 Å². The van der Waals surface area contributed by atoms with Gasteiger partial charge in [0.2, 0.25) is 0 Å². The molecule has 0 aliphatic carbocycles. The third kappa shape index (κ3) is 4.46. The molecular weight excluding hydrogens is 442 g/mol. The molecule has 0 saturated carbocycles. The Labute approximate surface area is 195 Å². The van der Waals surface area contributed by atoms with E-state index in [-0.39, 0.29) is 17.5 Å². The standard InChI is InChI=1S/C23H31N5O2S2/c1-16-6-7-20(12-17(16)2)27-10-9-26(23(27)31)15-25(5)13-22-18(3)24-28(19(22)4)21-8-11-32(29,30)14-21/h6-7,9-10,12,21H,8,11,13-15H2,1-5H3/t21-/m1/s1. The number of sulfone groups is 1. The molecule has 0 bridgehead atoms. The number of rotatable bonds is 6. The molecule has 1 aliphatic heterocycles. The van der Waals surface area contributed by atoms with Gasteiger partial charge in [-0.25, -0.2) is 8.42 Å². The Bertz CT molecular complexity index is 1320. The topological polar surface area (TPSA) is 65.1 Å². The highest BCUT2D eigenvalue weighted by molar-refractivity contribution is 7.91. The third-order valence-electron chi connectivity index (χ3n) is 6.47. The molecule has 0 amide bonds. The monoisotopic (exact) mass is 473 g/mol. The lowest BCUT2D eigenvalue weighted by Crippen LogP contribution is -2.22. The van der Waals surface area contributed by atoms with Crippen LogP contribution in [0.2, 0.25) is 0 Å². The van der Waals surface area contributed by atoms with Gasteiger partial charge >= 0.3 is 0 Å². The predicted octanol–water partition coefficient (Wildman–Crippen LogP) is 3.89. The minimum atomic E-state index is -2.95. The Morgan fingerprint density at radius 1 is 1.16 bits per heavy atom. The van der Waals surface area contributed by atoms with Crippen LogP contribution >= 0.6 is 12.2 Å². The van der Waals surface area contributed by atoms with Crippen molar-refractivity contribution in [2.24, 2.45) is 0 Å². The summed E-state index contributed by atoms with van der Waals surface area (Å²) in [5, 5.41) is 4.69. The third-order valence-corrected chi connectivity index (χ3v) is 8.65. The van der Waals surface area contributed by atoms with Crippen molar-refractivity contribution >= 4 is 22.1 Å². The second-order valence-corrected chi connectivity index (χ2v) is 11.6. The fourth-order valence-corrected chi connectivity index (χ4v) is 6.40. The number of hydrogen-bond donors (Lipinski definition) is 0. The highest BCUT2D eigenvalue weighted by Crippen LogP contribution is 2.27. The summed E-state index contributed by atoms with van der Waals surface area (Å²) in [5.74, 6) is 0.437. The van der Waals surface area contributed by atoms with Gasteiger partial charge in [-0.05, 0) is 76.6 Å². The van der Waals surface area contributed by atoms with Gasteiger partial charge in [-0.2, -0.15) is 5.10 Å². The molecule has 9 heteroatoms. The molecule has 32 heavy (non-hydrogen) atoms. The van der Waals surface area contributed by atoms with Crippen LogP contribution in [0.25, 0.3) is 5.69 Å². The van der Waals surface area contributed by atoms with Crippen molar-refractivity contribution in [3.63, 3.8) is 0 Å². The maximum Gasteiger partial charge on any atom is 0.185 e. The number of hydrogen-bond acceptors (Lipinski definition) is 5. The van der Waals surface area contributed by atoms with Crippen molar-refractivity contribution < 1.29 is 8.42 Å². The summed E-state index contributed by atoms with van der Waals surface area (Å²) in [6.45, 7) is 9.62. The Balaban J connectivity index is 1.50. The average molecular weight is 474 g/mol. The molecule has 1 fully saturated rings. The van der Waals surface area contributed by atoms with Crippen LogP contribution in [-0.2, 0) is 23.1 Å². The average Bonchev–Trinajstić information content (AvgIpc) is 3.35. The number of aromatic nitrogens is 4. The van der Waals surface area contributed by atoms with Crippen LogP contribution in [0.5, 0.6) is 0 Å². The summed E-state index contributed by atoms with van der Waals surface area (Å²) in [4.78, 5) is 2.20. The lowest BCUT2D eigenvalue weighted by Gasteiger charge is -2.18. The Morgan fingerprint density at radius 2 is 1.91 bits per heavy atom. The van der Waals surface area contributed by atoms with Crippen LogP contribution in [0.15, 0.2) is 30.6 Å². The molecule has 1 atom stereocenters. The first-order valence-corrected chi connectivity index (χ1v) is 13.1. The second kappa shape index (κ2) is 8.61. The van der Waals surface area contributed by atoms with Crippen molar-refractivity contribution in [3.05, 3.63) is 63.4 Å². The number of nitrogens with zero attached hydrogens (tertiary/aromatic N) is 5. The summed E-state index contributed by atoms with van der Waals surface area (Å²) in [7, 11) is -0.886. The lowest BCUT2D eigenvalue weighted by molar-refractivity contribution is 0.257. The van der Waals surface area contributed by atoms with Crippen LogP contribution in [0, 0.1) is 32.5 Å². The van der Waals surface area contributed by atoms with E-state index in [1.54, 1.807) is 0 Å². The van der Waals surface area contributed by atoms with Gasteiger partial charge in [-0.3, -0.25) is 14.1 Å². The summed E-state index contributed by atoms with van der Waals surface area (Å²) in [6, 6.07) is 6.31. The maximum atomic E-state index is 11.9. The van der Waals surface area contributed by atoms with E-state index in [2.05, 4.69) is 53.7 Å². The number of imidazole rings is 1. The SMILES string of the molecule is Cc1ccc(-n2ccn(CN(C)Cc3c(C)nn([C@@H]4CCS(=O)(=O)C4)c3C)c2=S)cc1C. The summed E-state index contributed by atoms with van der Waals surface area (Å²) in [5.41, 5.74) is 6.73. The Hall–Kier alpha value is -2.23. The summed E-state index contributed by atoms with van der Waals surface area (Å²) < 4.78 is 30.6. The quantitative estimate of drug-likeness (QED) is 0.508. The Kier molecular flexibility index (Phi) is 6.17. The van der Waals surface area contributed by atoms with Crippen LogP contribution in [0.3, 0.4) is 0 Å². The lowest BCUT2D eigenvalue weighted by atomic mass is 10.1. The summed E-state index contributed by atoms with van der Waals surface area (Å²) in [6.07, 6.45) is 4.66. The molecule has 1 saturated heterocycles. The van der Waals surface area contributed by atoms with Gasteiger partial charge in [0.15, 0.2) is 14.6 Å². The van der Waals surface area contributed by atoms with E-state index in [9.17, 15) is 8.42 Å². The normalized spacial score (nSPS) is 18.0. The Morgan fingerprint density at radius 3 is 2.56 bits per heavy atom. The second-order valence-electron chi connectivity index (χ2n) is 9.00. The van der Waals surface area contributed by atoms with E-state index in [0.29, 0.717) is 19.6 Å². The first kappa shape index (κ1) is 22.9. The zero-order valence-corrected chi connectivity index (χ0v) is 21.0. The molecule has 0 radical (unpaired) electrons. The molecule has 172 valence electrons. The molecule has 2 aromatic heterocycles.